The van der Waals surface area contributed by atoms with Crippen molar-refractivity contribution in [1.82, 2.24) is 4.98 Å². The molecule has 8 heteroatoms. The number of benzene rings is 1. The monoisotopic (exact) mass is 322 g/mol. The van der Waals surface area contributed by atoms with Crippen molar-refractivity contribution in [3.05, 3.63) is 47.1 Å². The molecule has 2 aromatic rings. The Morgan fingerprint density at radius 2 is 2.10 bits per heavy atom. The summed E-state index contributed by atoms with van der Waals surface area (Å²) in [7, 11) is -2.55. The average Bonchev–Trinajstić information content (AvgIpc) is 2.48. The zero-order valence-electron chi connectivity index (χ0n) is 11.0. The fourth-order valence-electron chi connectivity index (χ4n) is 1.70. The molecule has 21 heavy (non-hydrogen) atoms. The molecule has 0 radical (unpaired) electrons. The van der Waals surface area contributed by atoms with Gasteiger partial charge < -0.3 is 5.73 Å². The smallest absolute Gasteiger partial charge is 0.267 e. The molecule has 108 valence electrons. The maximum atomic E-state index is 12.6. The molecule has 1 heterocycles. The van der Waals surface area contributed by atoms with Crippen molar-refractivity contribution >= 4 is 33.1 Å². The topological polar surface area (TPSA) is 100 Å². The van der Waals surface area contributed by atoms with Crippen LogP contribution in [0.15, 0.2) is 41.4 Å². The van der Waals surface area contributed by atoms with Crippen LogP contribution in [0.5, 0.6) is 0 Å². The molecule has 6 nitrogen and oxygen atoms in total. The minimum atomic E-state index is -3.92. The van der Waals surface area contributed by atoms with E-state index in [-0.39, 0.29) is 15.7 Å². The molecule has 0 saturated carbocycles. The number of hydrogen-bond acceptors (Lipinski definition) is 5. The normalized spacial score (nSPS) is 10.9. The summed E-state index contributed by atoms with van der Waals surface area (Å²) in [5, 5.41) is 9.05. The molecule has 1 aromatic carbocycles. The van der Waals surface area contributed by atoms with Gasteiger partial charge in [-0.1, -0.05) is 17.7 Å². The van der Waals surface area contributed by atoms with Gasteiger partial charge >= 0.3 is 0 Å². The number of aromatic nitrogens is 1. The van der Waals surface area contributed by atoms with E-state index < -0.39 is 10.0 Å². The number of rotatable bonds is 3. The van der Waals surface area contributed by atoms with Crippen LogP contribution < -0.4 is 10.0 Å². The summed E-state index contributed by atoms with van der Waals surface area (Å²) in [6.07, 6.45) is 1.27. The minimum absolute atomic E-state index is 0.136. The van der Waals surface area contributed by atoms with E-state index in [0.717, 1.165) is 4.31 Å². The number of sulfonamides is 1. The van der Waals surface area contributed by atoms with Gasteiger partial charge in [-0.25, -0.2) is 13.4 Å². The first-order valence-electron chi connectivity index (χ1n) is 5.76. The van der Waals surface area contributed by atoms with Gasteiger partial charge in [0.1, 0.15) is 10.7 Å². The highest BCUT2D eigenvalue weighted by molar-refractivity contribution is 7.93. The van der Waals surface area contributed by atoms with Crippen molar-refractivity contribution in [2.75, 3.05) is 17.1 Å². The lowest BCUT2D eigenvalue weighted by Gasteiger charge is -2.20. The summed E-state index contributed by atoms with van der Waals surface area (Å²) in [5.41, 5.74) is 6.31. The van der Waals surface area contributed by atoms with E-state index in [2.05, 4.69) is 4.98 Å². The van der Waals surface area contributed by atoms with Crippen molar-refractivity contribution in [2.45, 2.75) is 4.90 Å². The average molecular weight is 323 g/mol. The molecule has 0 bridgehead atoms. The molecule has 0 amide bonds. The third kappa shape index (κ3) is 2.91. The Hall–Kier alpha value is -2.30. The maximum Gasteiger partial charge on any atom is 0.267 e. The molecule has 0 aliphatic rings. The summed E-state index contributed by atoms with van der Waals surface area (Å²) in [6, 6.07) is 9.41. The lowest BCUT2D eigenvalue weighted by Crippen LogP contribution is -2.27. The maximum absolute atomic E-state index is 12.6. The van der Waals surface area contributed by atoms with E-state index in [4.69, 9.17) is 22.6 Å². The van der Waals surface area contributed by atoms with Gasteiger partial charge in [-0.3, -0.25) is 4.31 Å². The molecular weight excluding hydrogens is 312 g/mol. The van der Waals surface area contributed by atoms with Gasteiger partial charge in [0.15, 0.2) is 0 Å². The third-order valence-electron chi connectivity index (χ3n) is 2.83. The molecule has 0 atom stereocenters. The minimum Gasteiger partial charge on any atom is -0.383 e. The molecule has 0 aliphatic heterocycles. The van der Waals surface area contributed by atoms with Crippen molar-refractivity contribution in [3.8, 4) is 6.07 Å². The quantitative estimate of drug-likeness (QED) is 0.931. The fourth-order valence-corrected chi connectivity index (χ4v) is 3.20. The highest BCUT2D eigenvalue weighted by atomic mass is 35.5. The van der Waals surface area contributed by atoms with Crippen LogP contribution in [0.3, 0.4) is 0 Å². The predicted molar refractivity (Wildman–Crippen MR) is 80.4 cm³/mol. The summed E-state index contributed by atoms with van der Waals surface area (Å²) < 4.78 is 26.2. The molecule has 0 unspecified atom stereocenters. The van der Waals surface area contributed by atoms with Crippen molar-refractivity contribution in [2.24, 2.45) is 0 Å². The van der Waals surface area contributed by atoms with Gasteiger partial charge in [-0.2, -0.15) is 5.26 Å². The first-order chi connectivity index (χ1) is 9.86. The van der Waals surface area contributed by atoms with Gasteiger partial charge in [0, 0.05) is 13.2 Å². The molecule has 0 aliphatic carbocycles. The van der Waals surface area contributed by atoms with Crippen LogP contribution in [0.25, 0.3) is 0 Å². The first kappa shape index (κ1) is 15.1. The first-order valence-corrected chi connectivity index (χ1v) is 7.58. The van der Waals surface area contributed by atoms with E-state index in [1.54, 1.807) is 18.2 Å². The largest absolute Gasteiger partial charge is 0.383 e. The number of anilines is 2. The van der Waals surface area contributed by atoms with Crippen molar-refractivity contribution in [1.29, 1.82) is 5.26 Å². The fraction of sp³-hybridized carbons (Fsp3) is 0.0769. The molecule has 2 N–H and O–H groups in total. The summed E-state index contributed by atoms with van der Waals surface area (Å²) in [6.45, 7) is 0. The van der Waals surface area contributed by atoms with Gasteiger partial charge in [0.05, 0.1) is 22.3 Å². The molecular formula is C13H11ClN4O2S. The van der Waals surface area contributed by atoms with Gasteiger partial charge in [-0.05, 0) is 24.3 Å². The lowest BCUT2D eigenvalue weighted by atomic mass is 10.2. The second kappa shape index (κ2) is 5.60. The van der Waals surface area contributed by atoms with Gasteiger partial charge in [-0.15, -0.1) is 0 Å². The van der Waals surface area contributed by atoms with Crippen LogP contribution in [0.2, 0.25) is 5.02 Å². The Balaban J connectivity index is 2.53. The SMILES string of the molecule is CN(c1cccc(C#N)c1)S(=O)(=O)c1cc(Cl)cnc1N. The van der Waals surface area contributed by atoms with Crippen LogP contribution in [-0.2, 0) is 10.0 Å². The Morgan fingerprint density at radius 3 is 2.76 bits per heavy atom. The van der Waals surface area contributed by atoms with Crippen LogP contribution in [-0.4, -0.2) is 20.4 Å². The molecule has 1 aromatic heterocycles. The highest BCUT2D eigenvalue weighted by Gasteiger charge is 2.25. The zero-order valence-corrected chi connectivity index (χ0v) is 12.6. The molecule has 0 saturated heterocycles. The van der Waals surface area contributed by atoms with E-state index in [1.807, 2.05) is 6.07 Å². The van der Waals surface area contributed by atoms with Gasteiger partial charge in [0.25, 0.3) is 10.0 Å². The van der Waals surface area contributed by atoms with Crippen LogP contribution >= 0.6 is 11.6 Å². The highest BCUT2D eigenvalue weighted by Crippen LogP contribution is 2.27. The van der Waals surface area contributed by atoms with Gasteiger partial charge in [0.2, 0.25) is 0 Å². The van der Waals surface area contributed by atoms with E-state index >= 15 is 0 Å². The number of hydrogen-bond donors (Lipinski definition) is 1. The third-order valence-corrected chi connectivity index (χ3v) is 4.85. The predicted octanol–water partition coefficient (Wildman–Crippen LogP) is 2.01. The van der Waals surface area contributed by atoms with Crippen molar-refractivity contribution < 1.29 is 8.42 Å². The molecule has 0 spiro atoms. The number of pyridine rings is 1. The van der Waals surface area contributed by atoms with E-state index in [0.29, 0.717) is 11.3 Å². The lowest BCUT2D eigenvalue weighted by molar-refractivity contribution is 0.594. The summed E-state index contributed by atoms with van der Waals surface area (Å²) >= 11 is 5.78. The summed E-state index contributed by atoms with van der Waals surface area (Å²) in [5.74, 6) is -0.136. The number of halogens is 1. The van der Waals surface area contributed by atoms with Crippen molar-refractivity contribution in [3.63, 3.8) is 0 Å². The molecule has 0 fully saturated rings. The number of nitriles is 1. The summed E-state index contributed by atoms with van der Waals surface area (Å²) in [4.78, 5) is 3.56. The second-order valence-corrected chi connectivity index (χ2v) is 6.55. The van der Waals surface area contributed by atoms with Crippen LogP contribution in [0.4, 0.5) is 11.5 Å². The number of nitrogen functional groups attached to an aromatic ring is 1. The van der Waals surface area contributed by atoms with Crippen LogP contribution in [0, 0.1) is 11.3 Å². The zero-order chi connectivity index (χ0) is 15.6. The second-order valence-electron chi connectivity index (χ2n) is 4.17. The molecule has 2 rings (SSSR count). The van der Waals surface area contributed by atoms with E-state index in [1.165, 1.54) is 25.4 Å². The Bertz CT molecular complexity index is 830. The number of nitrogens with two attached hydrogens (primary N) is 1. The number of nitrogens with zero attached hydrogens (tertiary/aromatic N) is 3. The Morgan fingerprint density at radius 1 is 1.38 bits per heavy atom. The van der Waals surface area contributed by atoms with E-state index in [9.17, 15) is 8.42 Å². The standard InChI is InChI=1S/C13H11ClN4O2S/c1-18(11-4-2-3-9(5-11)7-15)21(19,20)12-6-10(14)8-17-13(12)16/h2-6,8H,1H3,(H2,16,17). The Kier molecular flexibility index (Phi) is 4.02. The Labute approximate surface area is 127 Å². The van der Waals surface area contributed by atoms with Crippen LogP contribution in [0.1, 0.15) is 5.56 Å².